The van der Waals surface area contributed by atoms with E-state index in [-0.39, 0.29) is 12.5 Å². The summed E-state index contributed by atoms with van der Waals surface area (Å²) >= 11 is 3.40. The predicted molar refractivity (Wildman–Crippen MR) is 157 cm³/mol. The number of sulfonamides is 1. The summed E-state index contributed by atoms with van der Waals surface area (Å²) in [7, 11) is -3.81. The van der Waals surface area contributed by atoms with Crippen LogP contribution in [0.15, 0.2) is 83.3 Å². The lowest BCUT2D eigenvalue weighted by molar-refractivity contribution is -0.139. The summed E-state index contributed by atoms with van der Waals surface area (Å²) in [6, 6.07) is 22.8. The number of nitrogens with zero attached hydrogens (tertiary/aromatic N) is 2. The van der Waals surface area contributed by atoms with Crippen LogP contribution in [0.3, 0.4) is 0 Å². The number of anilines is 1. The fraction of sp³-hybridized carbons (Fsp3) is 0.310. The van der Waals surface area contributed by atoms with Gasteiger partial charge in [0.05, 0.1) is 11.9 Å². The van der Waals surface area contributed by atoms with Gasteiger partial charge in [0.15, 0.2) is 0 Å². The van der Waals surface area contributed by atoms with E-state index in [4.69, 9.17) is 4.74 Å². The molecule has 208 valence electrons. The van der Waals surface area contributed by atoms with Crippen molar-refractivity contribution in [3.63, 3.8) is 0 Å². The van der Waals surface area contributed by atoms with Gasteiger partial charge in [0.2, 0.25) is 21.8 Å². The van der Waals surface area contributed by atoms with Crippen molar-refractivity contribution in [3.05, 3.63) is 94.5 Å². The molecule has 1 unspecified atom stereocenters. The standard InChI is InChI=1S/C29H34BrN3O5S/c1-4-18-31-29(35)22(2)32(19-23-10-12-25(30)13-11-23)28(34)20-33(39(3,36)37)26-14-16-27(17-15-26)38-21-24-8-6-5-7-9-24/h5-17,22H,4,18-21H2,1-3H3,(H,31,35). The lowest BCUT2D eigenvalue weighted by Crippen LogP contribution is -2.51. The van der Waals surface area contributed by atoms with Crippen molar-refractivity contribution in [2.24, 2.45) is 0 Å². The first-order valence-corrected chi connectivity index (χ1v) is 15.3. The molecule has 39 heavy (non-hydrogen) atoms. The number of carbonyl (C=O) groups excluding carboxylic acids is 2. The van der Waals surface area contributed by atoms with Crippen LogP contribution in [0.2, 0.25) is 0 Å². The van der Waals surface area contributed by atoms with Crippen LogP contribution in [-0.4, -0.2) is 50.5 Å². The lowest BCUT2D eigenvalue weighted by Gasteiger charge is -2.31. The fourth-order valence-electron chi connectivity index (χ4n) is 3.83. The van der Waals surface area contributed by atoms with Crippen molar-refractivity contribution in [2.45, 2.75) is 39.5 Å². The zero-order chi connectivity index (χ0) is 28.4. The Kier molecular flexibility index (Phi) is 10.9. The molecule has 0 aliphatic heterocycles. The Morgan fingerprint density at radius 2 is 1.59 bits per heavy atom. The van der Waals surface area contributed by atoms with Gasteiger partial charge in [-0.3, -0.25) is 13.9 Å². The number of ether oxygens (including phenoxy) is 1. The highest BCUT2D eigenvalue weighted by Crippen LogP contribution is 2.23. The number of amides is 2. The van der Waals surface area contributed by atoms with E-state index in [0.717, 1.165) is 32.6 Å². The highest BCUT2D eigenvalue weighted by Gasteiger charge is 2.30. The van der Waals surface area contributed by atoms with Crippen LogP contribution in [0.1, 0.15) is 31.4 Å². The molecular formula is C29H34BrN3O5S. The molecule has 1 atom stereocenters. The van der Waals surface area contributed by atoms with Gasteiger partial charge in [-0.15, -0.1) is 0 Å². The normalized spacial score (nSPS) is 11.9. The van der Waals surface area contributed by atoms with Crippen molar-refractivity contribution in [1.29, 1.82) is 0 Å². The molecule has 0 aliphatic carbocycles. The van der Waals surface area contributed by atoms with Gasteiger partial charge < -0.3 is 15.0 Å². The summed E-state index contributed by atoms with van der Waals surface area (Å²) in [6.45, 7) is 4.14. The highest BCUT2D eigenvalue weighted by molar-refractivity contribution is 9.10. The SMILES string of the molecule is CCCNC(=O)C(C)N(Cc1ccc(Br)cc1)C(=O)CN(c1ccc(OCc2ccccc2)cc1)S(C)(=O)=O. The Labute approximate surface area is 239 Å². The summed E-state index contributed by atoms with van der Waals surface area (Å²) in [5, 5.41) is 2.82. The number of hydrogen-bond acceptors (Lipinski definition) is 5. The van der Waals surface area contributed by atoms with Crippen molar-refractivity contribution in [3.8, 4) is 5.75 Å². The van der Waals surface area contributed by atoms with Crippen molar-refractivity contribution in [1.82, 2.24) is 10.2 Å². The molecule has 3 aromatic rings. The molecule has 3 rings (SSSR count). The van der Waals surface area contributed by atoms with E-state index < -0.39 is 28.5 Å². The third-order valence-electron chi connectivity index (χ3n) is 6.03. The summed E-state index contributed by atoms with van der Waals surface area (Å²) in [6.07, 6.45) is 1.81. The maximum Gasteiger partial charge on any atom is 0.244 e. The van der Waals surface area contributed by atoms with Crippen LogP contribution < -0.4 is 14.4 Å². The van der Waals surface area contributed by atoms with Gasteiger partial charge in [-0.2, -0.15) is 0 Å². The highest BCUT2D eigenvalue weighted by atomic mass is 79.9. The number of hydrogen-bond donors (Lipinski definition) is 1. The van der Waals surface area contributed by atoms with Gasteiger partial charge in [0.25, 0.3) is 0 Å². The third-order valence-corrected chi connectivity index (χ3v) is 7.70. The van der Waals surface area contributed by atoms with Crippen molar-refractivity contribution in [2.75, 3.05) is 23.7 Å². The maximum absolute atomic E-state index is 13.6. The van der Waals surface area contributed by atoms with Crippen LogP contribution in [-0.2, 0) is 32.8 Å². The number of rotatable bonds is 13. The minimum absolute atomic E-state index is 0.149. The Bertz CT molecular complexity index is 1330. The Morgan fingerprint density at radius 3 is 2.18 bits per heavy atom. The Morgan fingerprint density at radius 1 is 0.949 bits per heavy atom. The minimum Gasteiger partial charge on any atom is -0.489 e. The van der Waals surface area contributed by atoms with Gasteiger partial charge in [-0.05, 0) is 60.9 Å². The average Bonchev–Trinajstić information content (AvgIpc) is 2.93. The summed E-state index contributed by atoms with van der Waals surface area (Å²) in [4.78, 5) is 27.8. The second-order valence-corrected chi connectivity index (χ2v) is 12.0. The van der Waals surface area contributed by atoms with Crippen LogP contribution in [0.5, 0.6) is 5.75 Å². The molecule has 1 N–H and O–H groups in total. The van der Waals surface area contributed by atoms with Gasteiger partial charge in [-0.1, -0.05) is 65.3 Å². The van der Waals surface area contributed by atoms with Gasteiger partial charge >= 0.3 is 0 Å². The molecule has 0 bridgehead atoms. The van der Waals surface area contributed by atoms with Crippen LogP contribution in [0.4, 0.5) is 5.69 Å². The first kappa shape index (κ1) is 30.2. The molecule has 2 amide bonds. The molecule has 3 aromatic carbocycles. The quantitative estimate of drug-likeness (QED) is 0.300. The van der Waals surface area contributed by atoms with Gasteiger partial charge in [-0.25, -0.2) is 8.42 Å². The summed E-state index contributed by atoms with van der Waals surface area (Å²) in [5.41, 5.74) is 2.14. The largest absolute Gasteiger partial charge is 0.489 e. The molecule has 0 heterocycles. The van der Waals surface area contributed by atoms with Crippen molar-refractivity contribution >= 4 is 43.5 Å². The third kappa shape index (κ3) is 9.11. The zero-order valence-electron chi connectivity index (χ0n) is 22.3. The van der Waals surface area contributed by atoms with Crippen LogP contribution in [0, 0.1) is 0 Å². The molecular weight excluding hydrogens is 582 g/mol. The van der Waals surface area contributed by atoms with E-state index in [9.17, 15) is 18.0 Å². The molecule has 0 radical (unpaired) electrons. The molecule has 0 saturated heterocycles. The van der Waals surface area contributed by atoms with Crippen LogP contribution >= 0.6 is 15.9 Å². The predicted octanol–water partition coefficient (Wildman–Crippen LogP) is 4.74. The van der Waals surface area contributed by atoms with E-state index >= 15 is 0 Å². The molecule has 0 saturated carbocycles. The first-order valence-electron chi connectivity index (χ1n) is 12.6. The minimum atomic E-state index is -3.81. The van der Waals surface area contributed by atoms with Gasteiger partial charge in [0, 0.05) is 17.6 Å². The fourth-order valence-corrected chi connectivity index (χ4v) is 4.94. The average molecular weight is 617 g/mol. The maximum atomic E-state index is 13.6. The Balaban J connectivity index is 1.80. The molecule has 8 nitrogen and oxygen atoms in total. The smallest absolute Gasteiger partial charge is 0.244 e. The number of benzene rings is 3. The van der Waals surface area contributed by atoms with E-state index in [1.807, 2.05) is 61.5 Å². The van der Waals surface area contributed by atoms with Crippen LogP contribution in [0.25, 0.3) is 0 Å². The second-order valence-electron chi connectivity index (χ2n) is 9.15. The molecule has 0 aliphatic rings. The van der Waals surface area contributed by atoms with E-state index in [1.165, 1.54) is 4.90 Å². The van der Waals surface area contributed by atoms with Gasteiger partial charge in [0.1, 0.15) is 24.9 Å². The topological polar surface area (TPSA) is 96.0 Å². The number of carbonyl (C=O) groups is 2. The molecule has 0 spiro atoms. The zero-order valence-corrected chi connectivity index (χ0v) is 24.7. The van der Waals surface area contributed by atoms with E-state index in [0.29, 0.717) is 24.6 Å². The number of nitrogens with one attached hydrogen (secondary N) is 1. The Hall–Kier alpha value is -3.37. The van der Waals surface area contributed by atoms with E-state index in [2.05, 4.69) is 21.2 Å². The second kappa shape index (κ2) is 14.1. The summed E-state index contributed by atoms with van der Waals surface area (Å²) < 4.78 is 33.3. The summed E-state index contributed by atoms with van der Waals surface area (Å²) in [5.74, 6) is -0.222. The number of halogens is 1. The molecule has 0 fully saturated rings. The van der Waals surface area contributed by atoms with E-state index in [1.54, 1.807) is 31.2 Å². The monoisotopic (exact) mass is 615 g/mol. The molecule has 10 heteroatoms. The lowest BCUT2D eigenvalue weighted by atomic mass is 10.1. The first-order chi connectivity index (χ1) is 18.6. The molecule has 0 aromatic heterocycles. The van der Waals surface area contributed by atoms with Crippen molar-refractivity contribution < 1.29 is 22.7 Å².